The molecule has 0 fully saturated rings. The van der Waals surface area contributed by atoms with E-state index in [0.29, 0.717) is 35.5 Å². The lowest BCUT2D eigenvalue weighted by Gasteiger charge is -2.12. The summed E-state index contributed by atoms with van der Waals surface area (Å²) in [6, 6.07) is 11.9. The van der Waals surface area contributed by atoms with E-state index in [1.54, 1.807) is 18.2 Å². The summed E-state index contributed by atoms with van der Waals surface area (Å²) in [6.45, 7) is 9.69. The van der Waals surface area contributed by atoms with Crippen LogP contribution in [0.2, 0.25) is 0 Å². The highest BCUT2D eigenvalue weighted by Crippen LogP contribution is 2.16. The molecule has 0 spiro atoms. The molecule has 0 saturated heterocycles. The maximum absolute atomic E-state index is 13.5. The van der Waals surface area contributed by atoms with Gasteiger partial charge in [-0.15, -0.1) is 5.10 Å². The summed E-state index contributed by atoms with van der Waals surface area (Å²) >= 11 is 0. The third-order valence-electron chi connectivity index (χ3n) is 6.10. The Bertz CT molecular complexity index is 1610. The van der Waals surface area contributed by atoms with Gasteiger partial charge in [0.05, 0.1) is 10.9 Å². The second kappa shape index (κ2) is 10.4. The number of rotatable bonds is 8. The first kappa shape index (κ1) is 25.9. The molecule has 0 radical (unpaired) electrons. The molecule has 2 aromatic heterocycles. The van der Waals surface area contributed by atoms with Gasteiger partial charge in [-0.3, -0.25) is 19.0 Å². The van der Waals surface area contributed by atoms with Gasteiger partial charge in [0.2, 0.25) is 11.7 Å². The lowest BCUT2D eigenvalue weighted by atomic mass is 10.1. The number of carbonyl (C=O) groups excluding carboxylic acids is 2. The lowest BCUT2D eigenvalue weighted by Crippen LogP contribution is -2.31. The summed E-state index contributed by atoms with van der Waals surface area (Å²) in [7, 11) is 0. The molecule has 4 aromatic rings. The molecule has 194 valence electrons. The van der Waals surface area contributed by atoms with Crippen molar-refractivity contribution < 1.29 is 9.59 Å². The molecule has 0 bridgehead atoms. The van der Waals surface area contributed by atoms with Crippen LogP contribution in [0.25, 0.3) is 16.7 Å². The van der Waals surface area contributed by atoms with E-state index >= 15 is 0 Å². The van der Waals surface area contributed by atoms with Gasteiger partial charge < -0.3 is 10.6 Å². The van der Waals surface area contributed by atoms with E-state index in [9.17, 15) is 19.2 Å². The van der Waals surface area contributed by atoms with E-state index in [1.807, 2.05) is 52.8 Å². The average molecular weight is 505 g/mol. The van der Waals surface area contributed by atoms with Crippen molar-refractivity contribution in [1.29, 1.82) is 0 Å². The Hall–Kier alpha value is -4.21. The number of aryl methyl sites for hydroxylation is 2. The van der Waals surface area contributed by atoms with Gasteiger partial charge in [0.15, 0.2) is 0 Å². The Kier molecular flexibility index (Phi) is 7.28. The third kappa shape index (κ3) is 5.32. The number of aromatic nitrogens is 4. The van der Waals surface area contributed by atoms with Crippen LogP contribution in [-0.2, 0) is 17.9 Å². The van der Waals surface area contributed by atoms with Crippen molar-refractivity contribution in [2.24, 2.45) is 5.92 Å². The number of nitrogens with zero attached hydrogens (tertiary/aromatic N) is 4. The summed E-state index contributed by atoms with van der Waals surface area (Å²) in [5.41, 5.74) is 1.25. The Balaban J connectivity index is 1.85. The van der Waals surface area contributed by atoms with E-state index in [1.165, 1.54) is 15.0 Å². The lowest BCUT2D eigenvalue weighted by molar-refractivity contribution is -0.117. The Morgan fingerprint density at radius 3 is 2.43 bits per heavy atom. The predicted molar refractivity (Wildman–Crippen MR) is 143 cm³/mol. The normalized spacial score (nSPS) is 11.5. The fraction of sp³-hybridized carbons (Fsp3) is 0.370. The minimum Gasteiger partial charge on any atom is -0.350 e. The van der Waals surface area contributed by atoms with Gasteiger partial charge in [-0.25, -0.2) is 13.9 Å². The summed E-state index contributed by atoms with van der Waals surface area (Å²) < 4.78 is 3.83. The molecule has 0 atom stereocenters. The van der Waals surface area contributed by atoms with Crippen molar-refractivity contribution in [3.8, 4) is 0 Å². The topological polar surface area (TPSA) is 120 Å². The average Bonchev–Trinajstić information content (AvgIpc) is 3.15. The third-order valence-corrected chi connectivity index (χ3v) is 6.10. The van der Waals surface area contributed by atoms with Crippen LogP contribution in [0.3, 0.4) is 0 Å². The number of carbonyl (C=O) groups is 2. The van der Waals surface area contributed by atoms with Crippen LogP contribution in [0.4, 0.5) is 5.69 Å². The molecular weight excluding hydrogens is 472 g/mol. The number of benzene rings is 2. The molecule has 0 unspecified atom stereocenters. The summed E-state index contributed by atoms with van der Waals surface area (Å²) in [4.78, 5) is 52.4. The molecule has 0 saturated carbocycles. The van der Waals surface area contributed by atoms with Crippen molar-refractivity contribution in [3.05, 3.63) is 74.4 Å². The fourth-order valence-electron chi connectivity index (χ4n) is 4.13. The minimum atomic E-state index is -0.570. The first-order valence-electron chi connectivity index (χ1n) is 12.4. The minimum absolute atomic E-state index is 0.0792. The first-order chi connectivity index (χ1) is 17.6. The highest BCUT2D eigenvalue weighted by molar-refractivity contribution is 5.98. The van der Waals surface area contributed by atoms with Crippen LogP contribution in [-0.4, -0.2) is 36.6 Å². The SMILES string of the molecule is Cc1ccccc1NC(=O)Cn1nc2n(CCC(C)C)c(=O)c3ccc(C(=O)NC(C)C)cc3n2c1=O. The molecule has 0 aliphatic heterocycles. The molecule has 2 aromatic carbocycles. The van der Waals surface area contributed by atoms with Crippen LogP contribution in [0.1, 0.15) is 50.0 Å². The van der Waals surface area contributed by atoms with E-state index in [4.69, 9.17) is 0 Å². The van der Waals surface area contributed by atoms with Gasteiger partial charge in [0.25, 0.3) is 11.5 Å². The monoisotopic (exact) mass is 504 g/mol. The van der Waals surface area contributed by atoms with Crippen LogP contribution >= 0.6 is 0 Å². The van der Waals surface area contributed by atoms with Gasteiger partial charge in [-0.05, 0) is 62.9 Å². The first-order valence-corrected chi connectivity index (χ1v) is 12.4. The van der Waals surface area contributed by atoms with Crippen molar-refractivity contribution in [2.75, 3.05) is 5.32 Å². The van der Waals surface area contributed by atoms with Gasteiger partial charge in [0.1, 0.15) is 6.54 Å². The number of fused-ring (bicyclic) bond motifs is 3. The Morgan fingerprint density at radius 1 is 1.03 bits per heavy atom. The largest absolute Gasteiger partial charge is 0.352 e. The van der Waals surface area contributed by atoms with Crippen LogP contribution in [0, 0.1) is 12.8 Å². The van der Waals surface area contributed by atoms with Crippen molar-refractivity contribution in [1.82, 2.24) is 24.1 Å². The second-order valence-electron chi connectivity index (χ2n) is 9.94. The number of anilines is 1. The van der Waals surface area contributed by atoms with E-state index in [2.05, 4.69) is 15.7 Å². The van der Waals surface area contributed by atoms with Crippen molar-refractivity contribution in [2.45, 2.75) is 60.2 Å². The number of nitrogens with one attached hydrogen (secondary N) is 2. The number of hydrogen-bond acceptors (Lipinski definition) is 5. The van der Waals surface area contributed by atoms with Gasteiger partial charge in [-0.1, -0.05) is 32.0 Å². The van der Waals surface area contributed by atoms with E-state index < -0.39 is 11.6 Å². The molecule has 2 N–H and O–H groups in total. The molecule has 2 heterocycles. The van der Waals surface area contributed by atoms with Crippen molar-refractivity contribution in [3.63, 3.8) is 0 Å². The Labute approximate surface area is 213 Å². The molecular formula is C27H32N6O4. The Morgan fingerprint density at radius 2 is 1.76 bits per heavy atom. The summed E-state index contributed by atoms with van der Waals surface area (Å²) in [6.07, 6.45) is 0.699. The fourth-order valence-corrected chi connectivity index (χ4v) is 4.13. The number of para-hydroxylation sites is 1. The zero-order chi connectivity index (χ0) is 26.9. The molecule has 10 heteroatoms. The molecule has 10 nitrogen and oxygen atoms in total. The van der Waals surface area contributed by atoms with Crippen LogP contribution in [0.5, 0.6) is 0 Å². The molecule has 2 amide bonds. The smallest absolute Gasteiger partial charge is 0.350 e. The molecule has 0 aliphatic carbocycles. The zero-order valence-corrected chi connectivity index (χ0v) is 21.7. The highest BCUT2D eigenvalue weighted by atomic mass is 16.2. The quantitative estimate of drug-likeness (QED) is 0.382. The van der Waals surface area contributed by atoms with Gasteiger partial charge in [-0.2, -0.15) is 0 Å². The standard InChI is InChI=1S/C27H32N6O4/c1-16(2)12-13-31-25(36)20-11-10-19(24(35)28-17(3)4)14-22(20)33-26(31)30-32(27(33)37)15-23(34)29-21-9-7-6-8-18(21)5/h6-11,14,16-17H,12-13,15H2,1-5H3,(H,28,35)(H,29,34). The van der Waals surface area contributed by atoms with Crippen LogP contribution < -0.4 is 21.9 Å². The molecule has 0 aliphatic rings. The highest BCUT2D eigenvalue weighted by Gasteiger charge is 2.20. The van der Waals surface area contributed by atoms with E-state index in [-0.39, 0.29) is 35.3 Å². The molecule has 4 rings (SSSR count). The molecule has 37 heavy (non-hydrogen) atoms. The van der Waals surface area contributed by atoms with Crippen molar-refractivity contribution >= 4 is 34.2 Å². The van der Waals surface area contributed by atoms with Gasteiger partial charge in [0, 0.05) is 23.8 Å². The zero-order valence-electron chi connectivity index (χ0n) is 21.7. The number of hydrogen-bond donors (Lipinski definition) is 2. The van der Waals surface area contributed by atoms with Gasteiger partial charge >= 0.3 is 5.69 Å². The maximum Gasteiger partial charge on any atom is 0.352 e. The van der Waals surface area contributed by atoms with E-state index in [0.717, 1.165) is 10.2 Å². The predicted octanol–water partition coefficient (Wildman–Crippen LogP) is 2.94. The summed E-state index contributed by atoms with van der Waals surface area (Å²) in [5.74, 6) is -0.281. The maximum atomic E-state index is 13.5. The second-order valence-corrected chi connectivity index (χ2v) is 9.94. The number of amides is 2. The van der Waals surface area contributed by atoms with Crippen LogP contribution in [0.15, 0.2) is 52.1 Å². The summed E-state index contributed by atoms with van der Waals surface area (Å²) in [5, 5.41) is 10.3.